The Hall–Kier alpha value is -1.12. The summed E-state index contributed by atoms with van der Waals surface area (Å²) in [5, 5.41) is 0. The van der Waals surface area contributed by atoms with Crippen LogP contribution in [-0.2, 0) is 24.5 Å². The second kappa shape index (κ2) is 3.19. The lowest BCUT2D eigenvalue weighted by molar-refractivity contribution is 0.385. The van der Waals surface area contributed by atoms with Gasteiger partial charge in [0, 0.05) is 0 Å². The normalized spacial score (nSPS) is 22.8. The highest BCUT2D eigenvalue weighted by molar-refractivity contribution is 8.10. The van der Waals surface area contributed by atoms with Gasteiger partial charge in [-0.3, -0.25) is 0 Å². The van der Waals surface area contributed by atoms with E-state index >= 15 is 0 Å². The van der Waals surface area contributed by atoms with Crippen LogP contribution in [0.15, 0.2) is 30.3 Å². The zero-order valence-corrected chi connectivity index (χ0v) is 9.03. The summed E-state index contributed by atoms with van der Waals surface area (Å²) in [7, 11) is -8.13. The molecule has 1 aromatic rings. The maximum Gasteiger partial charge on any atom is 0.376 e. The van der Waals surface area contributed by atoms with Gasteiger partial charge < -0.3 is 0 Å². The molecule has 1 aliphatic heterocycles. The molecule has 6 nitrogen and oxygen atoms in total. The largest absolute Gasteiger partial charge is 0.376 e. The van der Waals surface area contributed by atoms with Crippen LogP contribution in [0.3, 0.4) is 0 Å². The van der Waals surface area contributed by atoms with Crippen molar-refractivity contribution in [3.63, 3.8) is 0 Å². The van der Waals surface area contributed by atoms with E-state index in [1.165, 1.54) is 12.1 Å². The zero-order chi connectivity index (χ0) is 11.1. The fraction of sp³-hybridized carbons (Fsp3) is 0.143. The number of hydrogen-bond donors (Lipinski definition) is 0. The summed E-state index contributed by atoms with van der Waals surface area (Å²) in [5.74, 6) is -0.843. The van der Waals surface area contributed by atoms with Gasteiger partial charge in [-0.25, -0.2) is 12.6 Å². The fourth-order valence-corrected chi connectivity index (χ4v) is 4.55. The third-order valence-corrected chi connectivity index (χ3v) is 5.31. The first kappa shape index (κ1) is 10.4. The van der Waals surface area contributed by atoms with E-state index in [1.807, 2.05) is 0 Å². The van der Waals surface area contributed by atoms with Gasteiger partial charge in [-0.15, -0.1) is 3.71 Å². The van der Waals surface area contributed by atoms with Crippen molar-refractivity contribution in [2.24, 2.45) is 0 Å². The van der Waals surface area contributed by atoms with Crippen molar-refractivity contribution in [1.82, 2.24) is 0 Å². The molecule has 0 unspecified atom stereocenters. The van der Waals surface area contributed by atoms with Crippen LogP contribution in [0.25, 0.3) is 0 Å². The van der Waals surface area contributed by atoms with Crippen LogP contribution >= 0.6 is 0 Å². The van der Waals surface area contributed by atoms with E-state index in [4.69, 9.17) is 0 Å². The van der Waals surface area contributed by atoms with Crippen molar-refractivity contribution in [2.45, 2.75) is 0 Å². The third kappa shape index (κ3) is 1.71. The second-order valence-electron chi connectivity index (χ2n) is 2.84. The first-order valence-electron chi connectivity index (χ1n) is 3.91. The van der Waals surface area contributed by atoms with Crippen molar-refractivity contribution in [1.29, 1.82) is 0 Å². The Morgan fingerprint density at radius 3 is 2.13 bits per heavy atom. The van der Waals surface area contributed by atoms with Crippen LogP contribution < -0.4 is 3.71 Å². The summed E-state index contributed by atoms with van der Waals surface area (Å²) in [6, 6.07) is 7.49. The average molecular weight is 249 g/mol. The Labute approximate surface area is 87.4 Å². The Morgan fingerprint density at radius 2 is 1.67 bits per heavy atom. The van der Waals surface area contributed by atoms with Gasteiger partial charge in [-0.1, -0.05) is 18.2 Å². The summed E-state index contributed by atoms with van der Waals surface area (Å²) < 4.78 is 49.9. The summed E-state index contributed by atoms with van der Waals surface area (Å²) in [4.78, 5) is 0. The first-order chi connectivity index (χ1) is 6.93. The van der Waals surface area contributed by atoms with Gasteiger partial charge >= 0.3 is 10.3 Å². The summed E-state index contributed by atoms with van der Waals surface area (Å²) in [6.45, 7) is 0. The van der Waals surface area contributed by atoms with Gasteiger partial charge in [-0.2, -0.15) is 8.42 Å². The minimum absolute atomic E-state index is 0.0509. The molecular formula is C7H7NO5S2. The molecule has 15 heavy (non-hydrogen) atoms. The molecule has 0 aliphatic carbocycles. The van der Waals surface area contributed by atoms with E-state index in [-0.39, 0.29) is 5.69 Å². The number of nitrogens with zero attached hydrogens (tertiary/aromatic N) is 1. The molecule has 0 atom stereocenters. The van der Waals surface area contributed by atoms with Crippen molar-refractivity contribution in [3.8, 4) is 0 Å². The second-order valence-corrected chi connectivity index (χ2v) is 6.29. The maximum absolute atomic E-state index is 11.4. The lowest BCUT2D eigenvalue weighted by Crippen LogP contribution is -2.29. The van der Waals surface area contributed by atoms with Gasteiger partial charge in [-0.05, 0) is 12.1 Å². The highest BCUT2D eigenvalue weighted by atomic mass is 32.3. The Morgan fingerprint density at radius 1 is 1.07 bits per heavy atom. The molecular weight excluding hydrogens is 242 g/mol. The highest BCUT2D eigenvalue weighted by Crippen LogP contribution is 2.27. The quantitative estimate of drug-likeness (QED) is 0.702. The smallest absolute Gasteiger partial charge is 0.234 e. The third-order valence-electron chi connectivity index (χ3n) is 1.77. The lowest BCUT2D eigenvalue weighted by Gasteiger charge is -2.12. The van der Waals surface area contributed by atoms with Crippen LogP contribution in [0, 0.1) is 0 Å². The molecule has 2 rings (SSSR count). The van der Waals surface area contributed by atoms with Crippen molar-refractivity contribution in [2.75, 3.05) is 9.65 Å². The Kier molecular flexibility index (Phi) is 2.21. The summed E-state index contributed by atoms with van der Waals surface area (Å²) in [6.07, 6.45) is 0. The Balaban J connectivity index is 2.62. The molecule has 1 heterocycles. The van der Waals surface area contributed by atoms with E-state index < -0.39 is 26.3 Å². The molecule has 0 spiro atoms. The predicted molar refractivity (Wildman–Crippen MR) is 52.7 cm³/mol. The molecule has 0 aromatic heterocycles. The number of benzene rings is 1. The molecule has 1 fully saturated rings. The lowest BCUT2D eigenvalue weighted by atomic mass is 10.3. The fourth-order valence-electron chi connectivity index (χ4n) is 1.20. The van der Waals surface area contributed by atoms with E-state index in [0.717, 1.165) is 0 Å². The van der Waals surface area contributed by atoms with Gasteiger partial charge in [0.25, 0.3) is 10.0 Å². The molecule has 1 aliphatic rings. The van der Waals surface area contributed by atoms with E-state index in [0.29, 0.717) is 3.71 Å². The van der Waals surface area contributed by atoms with Crippen LogP contribution in [-0.4, -0.2) is 22.8 Å². The van der Waals surface area contributed by atoms with E-state index in [1.54, 1.807) is 18.2 Å². The minimum Gasteiger partial charge on any atom is -0.234 e. The van der Waals surface area contributed by atoms with E-state index in [9.17, 15) is 16.8 Å². The highest BCUT2D eigenvalue weighted by Gasteiger charge is 2.43. The molecule has 1 aromatic carbocycles. The average Bonchev–Trinajstić information content (AvgIpc) is 2.37. The van der Waals surface area contributed by atoms with Crippen LogP contribution in [0.1, 0.15) is 0 Å². The molecule has 0 bridgehead atoms. The minimum atomic E-state index is -4.20. The molecule has 0 N–H and O–H groups in total. The monoisotopic (exact) mass is 249 g/mol. The number of anilines is 1. The topological polar surface area (TPSA) is 80.8 Å². The molecule has 1 saturated heterocycles. The van der Waals surface area contributed by atoms with Crippen molar-refractivity contribution >= 4 is 26.0 Å². The van der Waals surface area contributed by atoms with E-state index in [2.05, 4.69) is 4.18 Å². The first-order valence-corrected chi connectivity index (χ1v) is 6.88. The predicted octanol–water partition coefficient (Wildman–Crippen LogP) is 0.0553. The van der Waals surface area contributed by atoms with Crippen molar-refractivity contribution < 1.29 is 21.0 Å². The van der Waals surface area contributed by atoms with Crippen LogP contribution in [0.4, 0.5) is 5.69 Å². The molecule has 8 heteroatoms. The Bertz CT molecular complexity index is 529. The SMILES string of the molecule is O=S1(=O)COS(=O)(=O)N1c1ccccc1. The van der Waals surface area contributed by atoms with Crippen LogP contribution in [0.5, 0.6) is 0 Å². The molecule has 0 radical (unpaired) electrons. The molecule has 0 saturated carbocycles. The van der Waals surface area contributed by atoms with Gasteiger partial charge in [0.2, 0.25) is 0 Å². The number of sulfonamides is 1. The van der Waals surface area contributed by atoms with Gasteiger partial charge in [0.05, 0.1) is 5.69 Å². The van der Waals surface area contributed by atoms with Gasteiger partial charge in [0.1, 0.15) is 0 Å². The number of para-hydroxylation sites is 1. The zero-order valence-electron chi connectivity index (χ0n) is 7.40. The van der Waals surface area contributed by atoms with Crippen LogP contribution in [0.2, 0.25) is 0 Å². The standard InChI is InChI=1S/C7H7NO5S2/c9-14(10)6-13-15(11,12)8(14)7-4-2-1-3-5-7/h1-5H,6H2. The maximum atomic E-state index is 11.4. The van der Waals surface area contributed by atoms with Crippen molar-refractivity contribution in [3.05, 3.63) is 30.3 Å². The number of hydrogen-bond acceptors (Lipinski definition) is 5. The van der Waals surface area contributed by atoms with Gasteiger partial charge in [0.15, 0.2) is 5.94 Å². The number of rotatable bonds is 1. The summed E-state index contributed by atoms with van der Waals surface area (Å²) in [5.41, 5.74) is 0.0509. The molecule has 0 amide bonds. The molecule has 82 valence electrons. The summed E-state index contributed by atoms with van der Waals surface area (Å²) >= 11 is 0.